The molecule has 116 valence electrons. The Balaban J connectivity index is 1.92. The molecule has 6 heteroatoms. The summed E-state index contributed by atoms with van der Waals surface area (Å²) in [6.45, 7) is 2.35. The van der Waals surface area contributed by atoms with E-state index in [0.717, 1.165) is 16.3 Å². The van der Waals surface area contributed by atoms with Gasteiger partial charge in [0.05, 0.1) is 24.9 Å². The minimum Gasteiger partial charge on any atom is -0.493 e. The van der Waals surface area contributed by atoms with E-state index in [4.69, 9.17) is 9.47 Å². The summed E-state index contributed by atoms with van der Waals surface area (Å²) in [6, 6.07) is 5.54. The molecule has 0 saturated heterocycles. The molecule has 1 N–H and O–H groups in total. The van der Waals surface area contributed by atoms with Gasteiger partial charge >= 0.3 is 0 Å². The Labute approximate surface area is 133 Å². The van der Waals surface area contributed by atoms with Crippen molar-refractivity contribution in [2.75, 3.05) is 14.2 Å². The van der Waals surface area contributed by atoms with Gasteiger partial charge in [0.25, 0.3) is 0 Å². The van der Waals surface area contributed by atoms with Crippen LogP contribution in [0, 0.1) is 6.92 Å². The summed E-state index contributed by atoms with van der Waals surface area (Å²) >= 11 is 1.55. The third kappa shape index (κ3) is 4.33. The van der Waals surface area contributed by atoms with Crippen molar-refractivity contribution in [2.24, 2.45) is 0 Å². The highest BCUT2D eigenvalue weighted by atomic mass is 32.1. The van der Waals surface area contributed by atoms with Gasteiger partial charge in [0, 0.05) is 18.0 Å². The fraction of sp³-hybridized carbons (Fsp3) is 0.250. The van der Waals surface area contributed by atoms with Crippen molar-refractivity contribution in [3.05, 3.63) is 45.9 Å². The summed E-state index contributed by atoms with van der Waals surface area (Å²) in [7, 11) is 3.17. The van der Waals surface area contributed by atoms with Crippen LogP contribution < -0.4 is 14.8 Å². The number of thiazole rings is 1. The van der Waals surface area contributed by atoms with Crippen molar-refractivity contribution in [2.45, 2.75) is 13.5 Å². The number of methoxy groups -OCH3 is 2. The van der Waals surface area contributed by atoms with Crippen molar-refractivity contribution in [1.82, 2.24) is 10.3 Å². The minimum absolute atomic E-state index is 0.166. The summed E-state index contributed by atoms with van der Waals surface area (Å²) in [5.41, 5.74) is 1.73. The number of aryl methyl sites for hydroxylation is 1. The van der Waals surface area contributed by atoms with Crippen LogP contribution in [0.5, 0.6) is 11.5 Å². The van der Waals surface area contributed by atoms with Crippen LogP contribution in [-0.2, 0) is 11.3 Å². The Morgan fingerprint density at radius 1 is 1.32 bits per heavy atom. The van der Waals surface area contributed by atoms with Crippen LogP contribution >= 0.6 is 11.3 Å². The van der Waals surface area contributed by atoms with Crippen LogP contribution in [-0.4, -0.2) is 25.1 Å². The predicted octanol–water partition coefficient (Wildman–Crippen LogP) is 2.80. The molecule has 0 bridgehead atoms. The first-order valence-corrected chi connectivity index (χ1v) is 7.59. The Morgan fingerprint density at radius 3 is 2.73 bits per heavy atom. The summed E-state index contributed by atoms with van der Waals surface area (Å²) in [5.74, 6) is 1.14. The molecule has 1 aromatic heterocycles. The highest BCUT2D eigenvalue weighted by molar-refractivity contribution is 7.09. The quantitative estimate of drug-likeness (QED) is 0.832. The molecule has 2 aromatic rings. The molecule has 0 unspecified atom stereocenters. The number of carbonyl (C=O) groups is 1. The van der Waals surface area contributed by atoms with Crippen molar-refractivity contribution in [3.63, 3.8) is 0 Å². The van der Waals surface area contributed by atoms with Gasteiger partial charge in [-0.1, -0.05) is 6.07 Å². The molecule has 0 fully saturated rings. The highest BCUT2D eigenvalue weighted by Gasteiger charge is 2.05. The fourth-order valence-electron chi connectivity index (χ4n) is 1.86. The molecule has 0 aliphatic rings. The first-order valence-electron chi connectivity index (χ1n) is 6.71. The van der Waals surface area contributed by atoms with Crippen LogP contribution in [0.25, 0.3) is 6.08 Å². The molecular formula is C16H18N2O3S. The Bertz CT molecular complexity index is 680. The van der Waals surface area contributed by atoms with E-state index >= 15 is 0 Å². The number of nitrogens with one attached hydrogen (secondary N) is 1. The van der Waals surface area contributed by atoms with Gasteiger partial charge in [0.1, 0.15) is 0 Å². The Hall–Kier alpha value is -2.34. The van der Waals surface area contributed by atoms with E-state index in [9.17, 15) is 4.79 Å². The third-order valence-electron chi connectivity index (χ3n) is 2.96. The second-order valence-electron chi connectivity index (χ2n) is 4.53. The zero-order chi connectivity index (χ0) is 15.9. The second-order valence-corrected chi connectivity index (χ2v) is 5.59. The van der Waals surface area contributed by atoms with Crippen LogP contribution in [0.15, 0.2) is 29.7 Å². The summed E-state index contributed by atoms with van der Waals surface area (Å²) in [6.07, 6.45) is 3.18. The van der Waals surface area contributed by atoms with E-state index in [1.54, 1.807) is 31.6 Å². The smallest absolute Gasteiger partial charge is 0.244 e. The van der Waals surface area contributed by atoms with Crippen LogP contribution in [0.3, 0.4) is 0 Å². The predicted molar refractivity (Wildman–Crippen MR) is 87.3 cm³/mol. The number of carbonyl (C=O) groups excluding carboxylic acids is 1. The van der Waals surface area contributed by atoms with Gasteiger partial charge in [-0.3, -0.25) is 4.79 Å². The summed E-state index contributed by atoms with van der Waals surface area (Å²) in [4.78, 5) is 16.1. The van der Waals surface area contributed by atoms with Crippen molar-refractivity contribution >= 4 is 23.3 Å². The largest absolute Gasteiger partial charge is 0.493 e. The summed E-state index contributed by atoms with van der Waals surface area (Å²) in [5, 5.41) is 5.71. The number of amides is 1. The first-order chi connectivity index (χ1) is 10.6. The van der Waals surface area contributed by atoms with E-state index in [-0.39, 0.29) is 5.91 Å². The molecule has 0 spiro atoms. The maximum atomic E-state index is 11.8. The molecule has 1 amide bonds. The number of ether oxygens (including phenoxy) is 2. The molecular weight excluding hydrogens is 300 g/mol. The molecule has 0 aliphatic carbocycles. The van der Waals surface area contributed by atoms with Crippen molar-refractivity contribution in [1.29, 1.82) is 0 Å². The molecule has 2 rings (SSSR count). The second kappa shape index (κ2) is 7.61. The lowest BCUT2D eigenvalue weighted by Gasteiger charge is -2.09. The molecule has 0 saturated carbocycles. The number of hydrogen-bond acceptors (Lipinski definition) is 5. The van der Waals surface area contributed by atoms with E-state index in [2.05, 4.69) is 10.3 Å². The van der Waals surface area contributed by atoms with Gasteiger partial charge in [0.2, 0.25) is 5.91 Å². The lowest BCUT2D eigenvalue weighted by atomic mass is 10.2. The van der Waals surface area contributed by atoms with Crippen LogP contribution in [0.4, 0.5) is 0 Å². The SMILES string of the molecule is COc1ccc(CNC(=O)/C=C/c2csc(C)n2)cc1OC. The lowest BCUT2D eigenvalue weighted by Crippen LogP contribution is -2.20. The zero-order valence-electron chi connectivity index (χ0n) is 12.8. The molecule has 5 nitrogen and oxygen atoms in total. The number of rotatable bonds is 6. The normalized spacial score (nSPS) is 10.7. The molecule has 1 aromatic carbocycles. The topological polar surface area (TPSA) is 60.5 Å². The van der Waals surface area contributed by atoms with Crippen molar-refractivity contribution in [3.8, 4) is 11.5 Å². The zero-order valence-corrected chi connectivity index (χ0v) is 13.6. The first kappa shape index (κ1) is 16.0. The Kier molecular flexibility index (Phi) is 5.55. The standard InChI is InChI=1S/C16H18N2O3S/c1-11-18-13(10-22-11)5-7-16(19)17-9-12-4-6-14(20-2)15(8-12)21-3/h4-8,10H,9H2,1-3H3,(H,17,19)/b7-5+. The molecule has 0 atom stereocenters. The maximum absolute atomic E-state index is 11.8. The molecule has 1 heterocycles. The van der Waals surface area contributed by atoms with E-state index in [1.165, 1.54) is 6.08 Å². The molecule has 22 heavy (non-hydrogen) atoms. The van der Waals surface area contributed by atoms with Crippen LogP contribution in [0.1, 0.15) is 16.3 Å². The molecule has 0 aliphatic heterocycles. The number of nitrogens with zero attached hydrogens (tertiary/aromatic N) is 1. The number of aromatic nitrogens is 1. The minimum atomic E-state index is -0.166. The van der Waals surface area contributed by atoms with E-state index < -0.39 is 0 Å². The highest BCUT2D eigenvalue weighted by Crippen LogP contribution is 2.27. The summed E-state index contributed by atoms with van der Waals surface area (Å²) < 4.78 is 10.4. The van der Waals surface area contributed by atoms with Gasteiger partial charge in [-0.05, 0) is 30.7 Å². The average molecular weight is 318 g/mol. The Morgan fingerprint density at radius 2 is 2.09 bits per heavy atom. The number of hydrogen-bond donors (Lipinski definition) is 1. The number of benzene rings is 1. The van der Waals surface area contributed by atoms with Gasteiger partial charge < -0.3 is 14.8 Å². The third-order valence-corrected chi connectivity index (χ3v) is 3.75. The van der Waals surface area contributed by atoms with Crippen molar-refractivity contribution < 1.29 is 14.3 Å². The van der Waals surface area contributed by atoms with E-state index in [1.807, 2.05) is 30.5 Å². The van der Waals surface area contributed by atoms with E-state index in [0.29, 0.717) is 18.0 Å². The molecule has 0 radical (unpaired) electrons. The van der Waals surface area contributed by atoms with Gasteiger partial charge in [-0.25, -0.2) is 4.98 Å². The van der Waals surface area contributed by atoms with Gasteiger partial charge in [0.15, 0.2) is 11.5 Å². The monoisotopic (exact) mass is 318 g/mol. The fourth-order valence-corrected chi connectivity index (χ4v) is 2.44. The van der Waals surface area contributed by atoms with Crippen LogP contribution in [0.2, 0.25) is 0 Å². The maximum Gasteiger partial charge on any atom is 0.244 e. The lowest BCUT2D eigenvalue weighted by molar-refractivity contribution is -0.116. The van der Waals surface area contributed by atoms with Gasteiger partial charge in [-0.2, -0.15) is 0 Å². The van der Waals surface area contributed by atoms with Gasteiger partial charge in [-0.15, -0.1) is 11.3 Å². The average Bonchev–Trinajstić information content (AvgIpc) is 2.96.